The molecule has 1 aromatic rings. The molecule has 0 spiro atoms. The molecule has 1 aromatic heterocycles. The van der Waals surface area contributed by atoms with E-state index < -0.39 is 0 Å². The molecule has 0 atom stereocenters. The maximum absolute atomic E-state index is 6.16. The molecule has 0 aliphatic heterocycles. The highest BCUT2D eigenvalue weighted by Gasteiger charge is 2.20. The van der Waals surface area contributed by atoms with E-state index >= 15 is 0 Å². The minimum atomic E-state index is 0.673. The zero-order valence-electron chi connectivity index (χ0n) is 9.05. The van der Waals surface area contributed by atoms with Crippen LogP contribution < -0.4 is 5.32 Å². The van der Waals surface area contributed by atoms with Crippen molar-refractivity contribution in [2.45, 2.75) is 44.6 Å². The molecule has 0 aromatic carbocycles. The molecule has 2 rings (SSSR count). The summed E-state index contributed by atoms with van der Waals surface area (Å²) in [5.74, 6) is 0.673. The van der Waals surface area contributed by atoms with E-state index in [0.29, 0.717) is 5.92 Å². The van der Waals surface area contributed by atoms with Crippen LogP contribution in [0.3, 0.4) is 0 Å². The van der Waals surface area contributed by atoms with Crippen LogP contribution >= 0.6 is 22.9 Å². The summed E-state index contributed by atoms with van der Waals surface area (Å²) in [4.78, 5) is 4.65. The SMILES string of the molecule is CNCc1nc(C2CCCCC2)sc1Cl. The zero-order chi connectivity index (χ0) is 10.7. The average Bonchev–Trinajstić information content (AvgIpc) is 2.63. The molecular weight excluding hydrogens is 228 g/mol. The Hall–Kier alpha value is -0.120. The van der Waals surface area contributed by atoms with Crippen molar-refractivity contribution in [3.05, 3.63) is 15.0 Å². The van der Waals surface area contributed by atoms with E-state index in [-0.39, 0.29) is 0 Å². The fraction of sp³-hybridized carbons (Fsp3) is 0.727. The van der Waals surface area contributed by atoms with Crippen LogP contribution in [0.15, 0.2) is 0 Å². The predicted molar refractivity (Wildman–Crippen MR) is 65.7 cm³/mol. The van der Waals surface area contributed by atoms with Crippen LogP contribution in [-0.2, 0) is 6.54 Å². The van der Waals surface area contributed by atoms with E-state index in [1.54, 1.807) is 11.3 Å². The molecule has 1 saturated carbocycles. The first-order valence-corrected chi connectivity index (χ1v) is 6.80. The van der Waals surface area contributed by atoms with Gasteiger partial charge in [-0.2, -0.15) is 0 Å². The Labute approximate surface area is 100 Å². The Bertz CT molecular complexity index is 318. The van der Waals surface area contributed by atoms with Gasteiger partial charge in [0.15, 0.2) is 0 Å². The molecule has 1 heterocycles. The second-order valence-corrected chi connectivity index (χ2v) is 5.77. The van der Waals surface area contributed by atoms with Gasteiger partial charge >= 0.3 is 0 Å². The third-order valence-electron chi connectivity index (χ3n) is 2.96. The molecule has 0 radical (unpaired) electrons. The van der Waals surface area contributed by atoms with Gasteiger partial charge < -0.3 is 5.32 Å². The first kappa shape index (κ1) is 11.4. The summed E-state index contributed by atoms with van der Waals surface area (Å²) >= 11 is 7.83. The standard InChI is InChI=1S/C11H17ClN2S/c1-13-7-9-10(12)15-11(14-9)8-5-3-2-4-6-8/h8,13H,2-7H2,1H3. The summed E-state index contributed by atoms with van der Waals surface area (Å²) in [5.41, 5.74) is 1.02. The molecular formula is C11H17ClN2S. The van der Waals surface area contributed by atoms with Crippen molar-refractivity contribution >= 4 is 22.9 Å². The number of aromatic nitrogens is 1. The zero-order valence-corrected chi connectivity index (χ0v) is 10.6. The smallest absolute Gasteiger partial charge is 0.117 e. The van der Waals surface area contributed by atoms with E-state index in [2.05, 4.69) is 10.3 Å². The largest absolute Gasteiger partial charge is 0.314 e. The summed E-state index contributed by atoms with van der Waals surface area (Å²) in [6.07, 6.45) is 6.68. The first-order valence-electron chi connectivity index (χ1n) is 5.61. The molecule has 2 nitrogen and oxygen atoms in total. The third kappa shape index (κ3) is 2.71. The molecule has 1 aliphatic carbocycles. The van der Waals surface area contributed by atoms with Crippen LogP contribution in [0, 0.1) is 0 Å². The Morgan fingerprint density at radius 3 is 2.80 bits per heavy atom. The lowest BCUT2D eigenvalue weighted by Gasteiger charge is -2.18. The number of rotatable bonds is 3. The molecule has 1 aliphatic rings. The maximum Gasteiger partial charge on any atom is 0.117 e. The molecule has 1 N–H and O–H groups in total. The molecule has 0 saturated heterocycles. The van der Waals surface area contributed by atoms with Gasteiger partial charge in [0.2, 0.25) is 0 Å². The number of hydrogen-bond acceptors (Lipinski definition) is 3. The lowest BCUT2D eigenvalue weighted by atomic mass is 9.90. The molecule has 0 amide bonds. The minimum Gasteiger partial charge on any atom is -0.314 e. The van der Waals surface area contributed by atoms with Gasteiger partial charge in [-0.1, -0.05) is 30.9 Å². The number of nitrogens with zero attached hydrogens (tertiary/aromatic N) is 1. The highest BCUT2D eigenvalue weighted by atomic mass is 35.5. The minimum absolute atomic E-state index is 0.673. The number of nitrogens with one attached hydrogen (secondary N) is 1. The lowest BCUT2D eigenvalue weighted by Crippen LogP contribution is -2.07. The summed E-state index contributed by atoms with van der Waals surface area (Å²) in [7, 11) is 1.93. The van der Waals surface area contributed by atoms with E-state index in [9.17, 15) is 0 Å². The number of halogens is 1. The topological polar surface area (TPSA) is 24.9 Å². The van der Waals surface area contributed by atoms with Gasteiger partial charge in [-0.3, -0.25) is 0 Å². The van der Waals surface area contributed by atoms with Crippen molar-refractivity contribution < 1.29 is 0 Å². The summed E-state index contributed by atoms with van der Waals surface area (Å²) < 4.78 is 0.866. The Morgan fingerprint density at radius 1 is 1.40 bits per heavy atom. The highest BCUT2D eigenvalue weighted by Crippen LogP contribution is 2.37. The monoisotopic (exact) mass is 244 g/mol. The van der Waals surface area contributed by atoms with E-state index in [0.717, 1.165) is 16.6 Å². The van der Waals surface area contributed by atoms with Gasteiger partial charge in [-0.25, -0.2) is 4.98 Å². The maximum atomic E-state index is 6.16. The van der Waals surface area contributed by atoms with E-state index in [1.165, 1.54) is 37.1 Å². The fourth-order valence-electron chi connectivity index (χ4n) is 2.15. The van der Waals surface area contributed by atoms with Crippen LogP contribution in [0.25, 0.3) is 0 Å². The van der Waals surface area contributed by atoms with Crippen LogP contribution in [0.1, 0.15) is 48.7 Å². The van der Waals surface area contributed by atoms with Crippen LogP contribution in [-0.4, -0.2) is 12.0 Å². The van der Waals surface area contributed by atoms with E-state index in [1.807, 2.05) is 7.05 Å². The van der Waals surface area contributed by atoms with Gasteiger partial charge in [0, 0.05) is 12.5 Å². The normalized spacial score (nSPS) is 18.3. The van der Waals surface area contributed by atoms with Crippen LogP contribution in [0.2, 0.25) is 4.34 Å². The van der Waals surface area contributed by atoms with Crippen molar-refractivity contribution in [1.29, 1.82) is 0 Å². The lowest BCUT2D eigenvalue weighted by molar-refractivity contribution is 0.442. The summed E-state index contributed by atoms with van der Waals surface area (Å²) in [6, 6.07) is 0. The van der Waals surface area contributed by atoms with E-state index in [4.69, 9.17) is 11.6 Å². The van der Waals surface area contributed by atoms with Gasteiger partial charge in [0.25, 0.3) is 0 Å². The van der Waals surface area contributed by atoms with Crippen molar-refractivity contribution in [2.75, 3.05) is 7.05 Å². The first-order chi connectivity index (χ1) is 7.31. The van der Waals surface area contributed by atoms with Crippen LogP contribution in [0.5, 0.6) is 0 Å². The second kappa shape index (κ2) is 5.28. The second-order valence-electron chi connectivity index (χ2n) is 4.14. The van der Waals surface area contributed by atoms with Gasteiger partial charge in [-0.05, 0) is 19.9 Å². The van der Waals surface area contributed by atoms with Gasteiger partial charge in [-0.15, -0.1) is 11.3 Å². The molecule has 15 heavy (non-hydrogen) atoms. The molecule has 4 heteroatoms. The Balaban J connectivity index is 2.10. The van der Waals surface area contributed by atoms with Gasteiger partial charge in [0.05, 0.1) is 10.7 Å². The Kier molecular flexibility index (Phi) is 4.00. The predicted octanol–water partition coefficient (Wildman–Crippen LogP) is 3.56. The number of hydrogen-bond donors (Lipinski definition) is 1. The molecule has 1 fully saturated rings. The quantitative estimate of drug-likeness (QED) is 0.880. The van der Waals surface area contributed by atoms with Crippen molar-refractivity contribution in [3.8, 4) is 0 Å². The molecule has 0 bridgehead atoms. The average molecular weight is 245 g/mol. The Morgan fingerprint density at radius 2 is 2.13 bits per heavy atom. The van der Waals surface area contributed by atoms with Crippen molar-refractivity contribution in [2.24, 2.45) is 0 Å². The molecule has 84 valence electrons. The molecule has 0 unspecified atom stereocenters. The highest BCUT2D eigenvalue weighted by molar-refractivity contribution is 7.16. The fourth-order valence-corrected chi connectivity index (χ4v) is 3.47. The summed E-state index contributed by atoms with van der Waals surface area (Å²) in [5, 5.41) is 4.36. The van der Waals surface area contributed by atoms with Crippen LogP contribution in [0.4, 0.5) is 0 Å². The number of thiazole rings is 1. The van der Waals surface area contributed by atoms with Gasteiger partial charge in [0.1, 0.15) is 4.34 Å². The van der Waals surface area contributed by atoms with Crippen molar-refractivity contribution in [3.63, 3.8) is 0 Å². The van der Waals surface area contributed by atoms with Crippen molar-refractivity contribution in [1.82, 2.24) is 10.3 Å². The third-order valence-corrected chi connectivity index (χ3v) is 4.46. The summed E-state index contributed by atoms with van der Waals surface area (Å²) in [6.45, 7) is 0.780.